The summed E-state index contributed by atoms with van der Waals surface area (Å²) in [5.41, 5.74) is 1.35. The fourth-order valence-electron chi connectivity index (χ4n) is 2.62. The SMILES string of the molecule is O=C(Cn1ncc2ccccc2c1=O)Nc1nc(-c2ccc(Cl)cc2)cs1. The molecule has 0 aliphatic carbocycles. The highest BCUT2D eigenvalue weighted by Crippen LogP contribution is 2.25. The summed E-state index contributed by atoms with van der Waals surface area (Å²) >= 11 is 7.20. The van der Waals surface area contributed by atoms with Crippen LogP contribution < -0.4 is 10.9 Å². The van der Waals surface area contributed by atoms with E-state index in [1.807, 2.05) is 29.6 Å². The third-order valence-corrected chi connectivity index (χ3v) is 4.96. The van der Waals surface area contributed by atoms with Gasteiger partial charge in [-0.15, -0.1) is 11.3 Å². The molecule has 0 unspecified atom stereocenters. The molecule has 27 heavy (non-hydrogen) atoms. The molecule has 134 valence electrons. The van der Waals surface area contributed by atoms with Gasteiger partial charge in [0.15, 0.2) is 5.13 Å². The van der Waals surface area contributed by atoms with E-state index < -0.39 is 0 Å². The van der Waals surface area contributed by atoms with Crippen LogP contribution in [-0.2, 0) is 11.3 Å². The van der Waals surface area contributed by atoms with E-state index in [0.717, 1.165) is 21.3 Å². The Bertz CT molecular complexity index is 1180. The molecule has 6 nitrogen and oxygen atoms in total. The maximum absolute atomic E-state index is 12.4. The molecule has 0 aliphatic rings. The van der Waals surface area contributed by atoms with E-state index in [1.54, 1.807) is 30.5 Å². The maximum Gasteiger partial charge on any atom is 0.275 e. The van der Waals surface area contributed by atoms with Gasteiger partial charge in [-0.1, -0.05) is 41.9 Å². The van der Waals surface area contributed by atoms with Crippen molar-refractivity contribution in [3.05, 3.63) is 75.5 Å². The van der Waals surface area contributed by atoms with Crippen molar-refractivity contribution >= 4 is 44.7 Å². The standard InChI is InChI=1S/C19H13ClN4O2S/c20-14-7-5-12(6-8-14)16-11-27-19(22-16)23-17(25)10-24-18(26)15-4-2-1-3-13(15)9-21-24/h1-9,11H,10H2,(H,22,23,25). The second-order valence-corrected chi connectivity index (χ2v) is 7.08. The third kappa shape index (κ3) is 3.74. The van der Waals surface area contributed by atoms with E-state index in [-0.39, 0.29) is 18.0 Å². The maximum atomic E-state index is 12.4. The molecule has 0 saturated heterocycles. The second kappa shape index (κ2) is 7.30. The molecule has 8 heteroatoms. The average Bonchev–Trinajstić information content (AvgIpc) is 3.13. The minimum atomic E-state index is -0.364. The lowest BCUT2D eigenvalue weighted by molar-refractivity contribution is -0.117. The highest BCUT2D eigenvalue weighted by molar-refractivity contribution is 7.14. The van der Waals surface area contributed by atoms with Crippen molar-refractivity contribution < 1.29 is 4.79 Å². The summed E-state index contributed by atoms with van der Waals surface area (Å²) in [7, 11) is 0. The van der Waals surface area contributed by atoms with Gasteiger partial charge in [-0.2, -0.15) is 5.10 Å². The second-order valence-electron chi connectivity index (χ2n) is 5.79. The van der Waals surface area contributed by atoms with Crippen LogP contribution in [0.5, 0.6) is 0 Å². The van der Waals surface area contributed by atoms with Crippen molar-refractivity contribution in [2.45, 2.75) is 6.54 Å². The molecule has 1 N–H and O–H groups in total. The number of nitrogens with zero attached hydrogens (tertiary/aromatic N) is 3. The number of benzene rings is 2. The molecule has 0 radical (unpaired) electrons. The van der Waals surface area contributed by atoms with Crippen molar-refractivity contribution in [1.29, 1.82) is 0 Å². The van der Waals surface area contributed by atoms with Crippen LogP contribution in [0, 0.1) is 0 Å². The zero-order valence-electron chi connectivity index (χ0n) is 13.9. The number of aromatic nitrogens is 3. The number of hydrogen-bond donors (Lipinski definition) is 1. The quantitative estimate of drug-likeness (QED) is 0.569. The van der Waals surface area contributed by atoms with Gasteiger partial charge in [-0.25, -0.2) is 9.67 Å². The van der Waals surface area contributed by atoms with Crippen molar-refractivity contribution in [3.63, 3.8) is 0 Å². The summed E-state index contributed by atoms with van der Waals surface area (Å²) in [5, 5.41) is 11.0. The van der Waals surface area contributed by atoms with Crippen molar-refractivity contribution in [1.82, 2.24) is 14.8 Å². The largest absolute Gasteiger partial charge is 0.300 e. The Morgan fingerprint density at radius 2 is 1.93 bits per heavy atom. The fraction of sp³-hybridized carbons (Fsp3) is 0.0526. The van der Waals surface area contributed by atoms with Gasteiger partial charge in [0.2, 0.25) is 5.91 Å². The first kappa shape index (κ1) is 17.4. The molecule has 0 fully saturated rings. The van der Waals surface area contributed by atoms with Gasteiger partial charge in [0, 0.05) is 21.4 Å². The Hall–Kier alpha value is -3.03. The first-order chi connectivity index (χ1) is 13.1. The van der Waals surface area contributed by atoms with Crippen LogP contribution in [-0.4, -0.2) is 20.7 Å². The number of carbonyl (C=O) groups excluding carboxylic acids is 1. The molecule has 0 saturated carbocycles. The van der Waals surface area contributed by atoms with Gasteiger partial charge in [0.1, 0.15) is 6.54 Å². The molecule has 0 aliphatic heterocycles. The number of nitrogens with one attached hydrogen (secondary N) is 1. The number of carbonyl (C=O) groups is 1. The topological polar surface area (TPSA) is 76.9 Å². The Morgan fingerprint density at radius 3 is 2.74 bits per heavy atom. The fourth-order valence-corrected chi connectivity index (χ4v) is 3.48. The van der Waals surface area contributed by atoms with Crippen molar-refractivity contribution in [2.75, 3.05) is 5.32 Å². The van der Waals surface area contributed by atoms with Gasteiger partial charge in [0.05, 0.1) is 17.3 Å². The molecule has 4 aromatic rings. The summed E-state index contributed by atoms with van der Waals surface area (Å²) in [6.07, 6.45) is 1.58. The number of halogens is 1. The summed E-state index contributed by atoms with van der Waals surface area (Å²) in [6.45, 7) is -0.181. The lowest BCUT2D eigenvalue weighted by atomic mass is 10.2. The number of amides is 1. The zero-order chi connectivity index (χ0) is 18.8. The zero-order valence-corrected chi connectivity index (χ0v) is 15.5. The lowest BCUT2D eigenvalue weighted by Gasteiger charge is -2.05. The molecular weight excluding hydrogens is 384 g/mol. The van der Waals surface area contributed by atoms with Crippen LogP contribution in [0.15, 0.2) is 64.9 Å². The monoisotopic (exact) mass is 396 g/mol. The smallest absolute Gasteiger partial charge is 0.275 e. The predicted octanol–water partition coefficient (Wildman–Crippen LogP) is 3.81. The number of fused-ring (bicyclic) bond motifs is 1. The molecule has 2 aromatic carbocycles. The normalized spacial score (nSPS) is 10.9. The molecule has 0 bridgehead atoms. The van der Waals surface area contributed by atoms with Gasteiger partial charge < -0.3 is 5.32 Å². The third-order valence-electron chi connectivity index (χ3n) is 3.95. The van der Waals surface area contributed by atoms with Gasteiger partial charge >= 0.3 is 0 Å². The van der Waals surface area contributed by atoms with Crippen LogP contribution in [0.4, 0.5) is 5.13 Å². The van der Waals surface area contributed by atoms with Crippen LogP contribution >= 0.6 is 22.9 Å². The molecule has 4 rings (SSSR count). The first-order valence-electron chi connectivity index (χ1n) is 8.06. The Labute approximate surface area is 163 Å². The Kier molecular flexibility index (Phi) is 4.70. The number of rotatable bonds is 4. The molecular formula is C19H13ClN4O2S. The van der Waals surface area contributed by atoms with Crippen LogP contribution in [0.2, 0.25) is 5.02 Å². The highest BCUT2D eigenvalue weighted by Gasteiger charge is 2.11. The van der Waals surface area contributed by atoms with E-state index in [1.165, 1.54) is 11.3 Å². The van der Waals surface area contributed by atoms with E-state index >= 15 is 0 Å². The lowest BCUT2D eigenvalue weighted by Crippen LogP contribution is -2.29. The Morgan fingerprint density at radius 1 is 1.15 bits per heavy atom. The summed E-state index contributed by atoms with van der Waals surface area (Å²) in [6, 6.07) is 14.4. The van der Waals surface area contributed by atoms with Crippen LogP contribution in [0.1, 0.15) is 0 Å². The number of anilines is 1. The number of thiazole rings is 1. The van der Waals surface area contributed by atoms with E-state index in [9.17, 15) is 9.59 Å². The minimum Gasteiger partial charge on any atom is -0.300 e. The minimum absolute atomic E-state index is 0.181. The van der Waals surface area contributed by atoms with E-state index in [4.69, 9.17) is 11.6 Å². The van der Waals surface area contributed by atoms with Gasteiger partial charge in [-0.05, 0) is 18.2 Å². The van der Waals surface area contributed by atoms with Gasteiger partial charge in [-0.3, -0.25) is 9.59 Å². The Balaban J connectivity index is 1.49. The predicted molar refractivity (Wildman–Crippen MR) is 107 cm³/mol. The highest BCUT2D eigenvalue weighted by atomic mass is 35.5. The van der Waals surface area contributed by atoms with Crippen LogP contribution in [0.3, 0.4) is 0 Å². The van der Waals surface area contributed by atoms with Crippen molar-refractivity contribution in [3.8, 4) is 11.3 Å². The molecule has 0 spiro atoms. The summed E-state index contributed by atoms with van der Waals surface area (Å²) < 4.78 is 1.14. The summed E-state index contributed by atoms with van der Waals surface area (Å²) in [5.74, 6) is -0.364. The van der Waals surface area contributed by atoms with Crippen molar-refractivity contribution in [2.24, 2.45) is 0 Å². The van der Waals surface area contributed by atoms with Gasteiger partial charge in [0.25, 0.3) is 5.56 Å². The molecule has 0 atom stereocenters. The van der Waals surface area contributed by atoms with Crippen LogP contribution in [0.25, 0.3) is 22.0 Å². The summed E-state index contributed by atoms with van der Waals surface area (Å²) in [4.78, 5) is 29.1. The molecule has 2 heterocycles. The van der Waals surface area contributed by atoms with E-state index in [0.29, 0.717) is 15.5 Å². The number of hydrogen-bond acceptors (Lipinski definition) is 5. The molecule has 1 amide bonds. The van der Waals surface area contributed by atoms with E-state index in [2.05, 4.69) is 15.4 Å². The average molecular weight is 397 g/mol. The first-order valence-corrected chi connectivity index (χ1v) is 9.32. The molecule has 2 aromatic heterocycles.